The Hall–Kier alpha value is -1.87. The number of thioether (sulfide) groups is 1. The average molecular weight is 432 g/mol. The number of alkyl halides is 3. The summed E-state index contributed by atoms with van der Waals surface area (Å²) in [6.07, 6.45) is -0.971. The third-order valence-corrected chi connectivity index (χ3v) is 5.81. The molecule has 0 aliphatic heterocycles. The van der Waals surface area contributed by atoms with Crippen molar-refractivity contribution in [1.29, 1.82) is 0 Å². The zero-order chi connectivity index (χ0) is 21.3. The fourth-order valence-electron chi connectivity index (χ4n) is 1.87. The Morgan fingerprint density at radius 1 is 1.32 bits per heavy atom. The van der Waals surface area contributed by atoms with Crippen LogP contribution in [-0.4, -0.2) is 28.7 Å². The molecule has 0 radical (unpaired) electrons. The van der Waals surface area contributed by atoms with Crippen molar-refractivity contribution in [3.8, 4) is 10.6 Å². The second-order valence-electron chi connectivity index (χ2n) is 5.99. The van der Waals surface area contributed by atoms with Crippen molar-refractivity contribution in [2.24, 2.45) is 0 Å². The molecule has 1 N–H and O–H groups in total. The molecule has 0 aliphatic carbocycles. The number of aryl methyl sites for hydroxylation is 2. The molecule has 0 bridgehead atoms. The van der Waals surface area contributed by atoms with E-state index in [9.17, 15) is 18.0 Å². The number of nitrogens with zero attached hydrogens (tertiary/aromatic N) is 2. The van der Waals surface area contributed by atoms with Crippen LogP contribution in [-0.2, 0) is 11.0 Å². The number of halogens is 3. The van der Waals surface area contributed by atoms with Crippen molar-refractivity contribution in [3.63, 3.8) is 0 Å². The van der Waals surface area contributed by atoms with Gasteiger partial charge in [0.2, 0.25) is 6.41 Å². The zero-order valence-corrected chi connectivity index (χ0v) is 18.1. The molecule has 154 valence electrons. The van der Waals surface area contributed by atoms with Crippen molar-refractivity contribution in [3.05, 3.63) is 40.2 Å². The van der Waals surface area contributed by atoms with Gasteiger partial charge in [-0.2, -0.15) is 13.2 Å². The number of allylic oxidation sites excluding steroid dienone is 2. The van der Waals surface area contributed by atoms with Gasteiger partial charge in [-0.3, -0.25) is 4.79 Å². The third kappa shape index (κ3) is 7.63. The van der Waals surface area contributed by atoms with E-state index in [0.29, 0.717) is 29.4 Å². The second kappa shape index (κ2) is 11.2. The first-order valence-electron chi connectivity index (χ1n) is 8.51. The predicted octanol–water partition coefficient (Wildman–Crippen LogP) is 5.65. The number of aromatic nitrogens is 2. The highest BCUT2D eigenvalue weighted by molar-refractivity contribution is 7.99. The molecule has 0 spiro atoms. The SMILES string of the molecule is CC=C(C)C.Cc1ncc(C(F)(F)F)c(-c2cc(SCCNC=O)c(C)s2)n1. The van der Waals surface area contributed by atoms with Crippen LogP contribution in [0.15, 0.2) is 28.8 Å². The van der Waals surface area contributed by atoms with E-state index in [-0.39, 0.29) is 5.69 Å². The lowest BCUT2D eigenvalue weighted by Crippen LogP contribution is -2.13. The standard InChI is InChI=1S/C14H14F3N3OS2.C5H10/c1-8-11(22-4-3-18-7-21)5-12(23-8)13-10(14(15,16)17)6-19-9(2)20-13;1-4-5(2)3/h5-7H,3-4H2,1-2H3,(H,18,21);4H,1-3H3. The molecule has 0 unspecified atom stereocenters. The summed E-state index contributed by atoms with van der Waals surface area (Å²) in [5.41, 5.74) is 0.462. The van der Waals surface area contributed by atoms with E-state index in [0.717, 1.165) is 16.0 Å². The zero-order valence-electron chi connectivity index (χ0n) is 16.5. The molecule has 1 amide bonds. The normalized spacial score (nSPS) is 10.7. The number of carbonyl (C=O) groups excluding carboxylic acids is 1. The summed E-state index contributed by atoms with van der Waals surface area (Å²) >= 11 is 2.75. The van der Waals surface area contributed by atoms with E-state index < -0.39 is 11.7 Å². The van der Waals surface area contributed by atoms with Crippen LogP contribution in [0.5, 0.6) is 0 Å². The van der Waals surface area contributed by atoms with E-state index >= 15 is 0 Å². The van der Waals surface area contributed by atoms with Crippen LogP contribution in [0.4, 0.5) is 13.2 Å². The molecular formula is C19H24F3N3OS2. The van der Waals surface area contributed by atoms with E-state index in [1.54, 1.807) is 13.0 Å². The molecule has 0 fully saturated rings. The van der Waals surface area contributed by atoms with Crippen LogP contribution in [0.25, 0.3) is 10.6 Å². The van der Waals surface area contributed by atoms with Crippen LogP contribution >= 0.6 is 23.1 Å². The fourth-order valence-corrected chi connectivity index (χ4v) is 4.01. The largest absolute Gasteiger partial charge is 0.420 e. The molecule has 0 saturated carbocycles. The molecule has 28 heavy (non-hydrogen) atoms. The minimum atomic E-state index is -4.50. The highest BCUT2D eigenvalue weighted by Crippen LogP contribution is 2.41. The number of thiophene rings is 1. The van der Waals surface area contributed by atoms with Gasteiger partial charge in [-0.1, -0.05) is 11.6 Å². The van der Waals surface area contributed by atoms with Crippen molar-refractivity contribution in [1.82, 2.24) is 15.3 Å². The molecule has 2 aromatic rings. The molecule has 2 heterocycles. The van der Waals surface area contributed by atoms with E-state index in [2.05, 4.69) is 35.2 Å². The molecule has 2 rings (SSSR count). The Kier molecular flexibility index (Phi) is 9.68. The molecule has 2 aromatic heterocycles. The maximum Gasteiger partial charge on any atom is 0.420 e. The minimum absolute atomic E-state index is 0.0871. The summed E-state index contributed by atoms with van der Waals surface area (Å²) < 4.78 is 39.4. The first kappa shape index (κ1) is 24.2. The Morgan fingerprint density at radius 2 is 1.96 bits per heavy atom. The van der Waals surface area contributed by atoms with Crippen molar-refractivity contribution >= 4 is 29.5 Å². The van der Waals surface area contributed by atoms with Gasteiger partial charge in [-0.25, -0.2) is 9.97 Å². The summed E-state index contributed by atoms with van der Waals surface area (Å²) in [6, 6.07) is 1.71. The van der Waals surface area contributed by atoms with Crippen LogP contribution in [0.3, 0.4) is 0 Å². The summed E-state index contributed by atoms with van der Waals surface area (Å²) in [5, 5.41) is 2.55. The van der Waals surface area contributed by atoms with Gasteiger partial charge in [0, 0.05) is 28.3 Å². The van der Waals surface area contributed by atoms with Crippen molar-refractivity contribution < 1.29 is 18.0 Å². The average Bonchev–Trinajstić information content (AvgIpc) is 2.99. The number of nitrogens with one attached hydrogen (secondary N) is 1. The Bertz CT molecular complexity index is 813. The minimum Gasteiger partial charge on any atom is -0.358 e. The van der Waals surface area contributed by atoms with Gasteiger partial charge in [0.1, 0.15) is 11.4 Å². The summed E-state index contributed by atoms with van der Waals surface area (Å²) in [5.74, 6) is 0.938. The molecule has 0 aromatic carbocycles. The molecule has 0 saturated heterocycles. The van der Waals surface area contributed by atoms with E-state index in [4.69, 9.17) is 0 Å². The number of amides is 1. The first-order chi connectivity index (χ1) is 13.1. The van der Waals surface area contributed by atoms with Crippen molar-refractivity contribution in [2.75, 3.05) is 12.3 Å². The van der Waals surface area contributed by atoms with Crippen LogP contribution in [0.1, 0.15) is 37.0 Å². The fraction of sp³-hybridized carbons (Fsp3) is 0.421. The number of hydrogen-bond donors (Lipinski definition) is 1. The van der Waals surface area contributed by atoms with Crippen LogP contribution in [0.2, 0.25) is 0 Å². The quantitative estimate of drug-likeness (QED) is 0.278. The second-order valence-corrected chi connectivity index (χ2v) is 8.39. The van der Waals surface area contributed by atoms with E-state index in [1.165, 1.54) is 28.7 Å². The van der Waals surface area contributed by atoms with Gasteiger partial charge in [0.25, 0.3) is 0 Å². The lowest BCUT2D eigenvalue weighted by Gasteiger charge is -2.10. The number of carbonyl (C=O) groups is 1. The molecule has 4 nitrogen and oxygen atoms in total. The van der Waals surface area contributed by atoms with Gasteiger partial charge in [-0.15, -0.1) is 23.1 Å². The van der Waals surface area contributed by atoms with Crippen LogP contribution < -0.4 is 5.32 Å². The first-order valence-corrected chi connectivity index (χ1v) is 10.3. The summed E-state index contributed by atoms with van der Waals surface area (Å²) in [4.78, 5) is 20.1. The lowest BCUT2D eigenvalue weighted by atomic mass is 10.2. The highest BCUT2D eigenvalue weighted by atomic mass is 32.2. The predicted molar refractivity (Wildman–Crippen MR) is 110 cm³/mol. The number of hydrogen-bond acceptors (Lipinski definition) is 5. The van der Waals surface area contributed by atoms with Crippen molar-refractivity contribution in [2.45, 2.75) is 45.7 Å². The topological polar surface area (TPSA) is 54.9 Å². The molecular weight excluding hydrogens is 407 g/mol. The highest BCUT2D eigenvalue weighted by Gasteiger charge is 2.35. The molecule has 0 aliphatic rings. The Labute approximate surface area is 171 Å². The molecule has 0 atom stereocenters. The van der Waals surface area contributed by atoms with Gasteiger partial charge < -0.3 is 5.32 Å². The maximum atomic E-state index is 13.1. The Morgan fingerprint density at radius 3 is 2.50 bits per heavy atom. The van der Waals surface area contributed by atoms with Gasteiger partial charge >= 0.3 is 6.18 Å². The van der Waals surface area contributed by atoms with Gasteiger partial charge in [0.15, 0.2) is 0 Å². The van der Waals surface area contributed by atoms with Crippen LogP contribution in [0, 0.1) is 13.8 Å². The monoisotopic (exact) mass is 431 g/mol. The smallest absolute Gasteiger partial charge is 0.358 e. The summed E-state index contributed by atoms with van der Waals surface area (Å²) in [7, 11) is 0. The Balaban J connectivity index is 0.000000696. The number of rotatable bonds is 6. The summed E-state index contributed by atoms with van der Waals surface area (Å²) in [6.45, 7) is 10.1. The van der Waals surface area contributed by atoms with Gasteiger partial charge in [-0.05, 0) is 40.7 Å². The van der Waals surface area contributed by atoms with Gasteiger partial charge in [0.05, 0.1) is 10.6 Å². The van der Waals surface area contributed by atoms with E-state index in [1.807, 2.05) is 13.8 Å². The third-order valence-electron chi connectivity index (χ3n) is 3.48. The maximum absolute atomic E-state index is 13.1. The lowest BCUT2D eigenvalue weighted by molar-refractivity contribution is -0.137. The molecule has 9 heteroatoms.